The second-order valence-electron chi connectivity index (χ2n) is 5.60. The summed E-state index contributed by atoms with van der Waals surface area (Å²) in [7, 11) is 0. The standard InChI is InChI=1S/C14H18N6O/c21-12-2-4-18(9-12)13-1-3-16-14(17-13)19-5-6-20-10-15-7-11(20)8-19/h1,3,7,10,12,21H,2,4-6,8-9H2. The Balaban J connectivity index is 1.56. The van der Waals surface area contributed by atoms with E-state index in [-0.39, 0.29) is 6.10 Å². The first kappa shape index (κ1) is 12.6. The first-order valence-corrected chi connectivity index (χ1v) is 7.29. The molecule has 2 aliphatic rings. The fourth-order valence-corrected chi connectivity index (χ4v) is 2.97. The van der Waals surface area contributed by atoms with E-state index in [1.165, 1.54) is 5.69 Å². The van der Waals surface area contributed by atoms with Crippen LogP contribution < -0.4 is 9.80 Å². The van der Waals surface area contributed by atoms with Crippen LogP contribution in [-0.2, 0) is 13.1 Å². The molecule has 4 rings (SSSR count). The molecule has 7 nitrogen and oxygen atoms in total. The molecule has 0 bridgehead atoms. The fraction of sp³-hybridized carbons (Fsp3) is 0.500. The lowest BCUT2D eigenvalue weighted by molar-refractivity contribution is 0.198. The molecule has 2 aliphatic heterocycles. The van der Waals surface area contributed by atoms with Crippen molar-refractivity contribution in [2.75, 3.05) is 29.4 Å². The Morgan fingerprint density at radius 1 is 1.19 bits per heavy atom. The highest BCUT2D eigenvalue weighted by molar-refractivity contribution is 5.45. The summed E-state index contributed by atoms with van der Waals surface area (Å²) in [6.45, 7) is 4.08. The van der Waals surface area contributed by atoms with Crippen LogP contribution in [0.15, 0.2) is 24.8 Å². The van der Waals surface area contributed by atoms with E-state index in [0.717, 1.165) is 44.4 Å². The number of imidazole rings is 1. The predicted molar refractivity (Wildman–Crippen MR) is 78.1 cm³/mol. The fourth-order valence-electron chi connectivity index (χ4n) is 2.97. The van der Waals surface area contributed by atoms with Crippen molar-refractivity contribution in [3.8, 4) is 0 Å². The van der Waals surface area contributed by atoms with Gasteiger partial charge in [0.25, 0.3) is 0 Å². The molecule has 1 N–H and O–H groups in total. The van der Waals surface area contributed by atoms with Crippen molar-refractivity contribution in [2.24, 2.45) is 0 Å². The number of aliphatic hydroxyl groups excluding tert-OH is 1. The molecule has 1 unspecified atom stereocenters. The van der Waals surface area contributed by atoms with Gasteiger partial charge in [-0.25, -0.2) is 9.97 Å². The molecule has 0 amide bonds. The summed E-state index contributed by atoms with van der Waals surface area (Å²) in [6, 6.07) is 1.91. The van der Waals surface area contributed by atoms with Crippen molar-refractivity contribution < 1.29 is 5.11 Å². The predicted octanol–water partition coefficient (Wildman–Crippen LogP) is 0.264. The van der Waals surface area contributed by atoms with Crippen LogP contribution in [0.4, 0.5) is 11.8 Å². The van der Waals surface area contributed by atoms with Gasteiger partial charge < -0.3 is 19.5 Å². The third-order valence-electron chi connectivity index (χ3n) is 4.16. The zero-order chi connectivity index (χ0) is 14.2. The minimum atomic E-state index is -0.243. The van der Waals surface area contributed by atoms with Gasteiger partial charge in [0.2, 0.25) is 5.95 Å². The van der Waals surface area contributed by atoms with Crippen molar-refractivity contribution in [2.45, 2.75) is 25.6 Å². The number of nitrogens with zero attached hydrogens (tertiary/aromatic N) is 6. The Kier molecular flexibility index (Phi) is 2.99. The third-order valence-corrected chi connectivity index (χ3v) is 4.16. The molecule has 1 fully saturated rings. The molecule has 1 atom stereocenters. The molecule has 0 spiro atoms. The second kappa shape index (κ2) is 5.00. The number of fused-ring (bicyclic) bond motifs is 1. The number of rotatable bonds is 2. The zero-order valence-electron chi connectivity index (χ0n) is 11.8. The van der Waals surface area contributed by atoms with E-state index < -0.39 is 0 Å². The summed E-state index contributed by atoms with van der Waals surface area (Å²) >= 11 is 0. The first-order chi connectivity index (χ1) is 10.3. The average molecular weight is 286 g/mol. The maximum atomic E-state index is 9.66. The summed E-state index contributed by atoms with van der Waals surface area (Å²) in [5.74, 6) is 1.65. The van der Waals surface area contributed by atoms with Crippen LogP contribution in [0.2, 0.25) is 0 Å². The zero-order valence-corrected chi connectivity index (χ0v) is 11.8. The third kappa shape index (κ3) is 2.33. The van der Waals surface area contributed by atoms with E-state index in [9.17, 15) is 5.11 Å². The molecule has 110 valence electrons. The summed E-state index contributed by atoms with van der Waals surface area (Å²) < 4.78 is 2.16. The van der Waals surface area contributed by atoms with Gasteiger partial charge in [0.1, 0.15) is 5.82 Å². The molecular weight excluding hydrogens is 268 g/mol. The van der Waals surface area contributed by atoms with Crippen molar-refractivity contribution in [3.63, 3.8) is 0 Å². The number of aromatic nitrogens is 4. The molecule has 21 heavy (non-hydrogen) atoms. The molecule has 0 aromatic carbocycles. The van der Waals surface area contributed by atoms with Gasteiger partial charge in [0, 0.05) is 38.6 Å². The molecule has 7 heteroatoms. The Morgan fingerprint density at radius 3 is 3.00 bits per heavy atom. The SMILES string of the molecule is OC1CCN(c2ccnc(N3CCn4cncc4C3)n2)C1. The number of β-amino-alcohol motifs (C(OH)–C–C–N with tert-alkyl or cyclic N) is 1. The van der Waals surface area contributed by atoms with Crippen LogP contribution in [-0.4, -0.2) is 50.4 Å². The van der Waals surface area contributed by atoms with Gasteiger partial charge in [-0.2, -0.15) is 4.98 Å². The number of hydrogen-bond acceptors (Lipinski definition) is 6. The largest absolute Gasteiger partial charge is 0.391 e. The lowest BCUT2D eigenvalue weighted by atomic mass is 10.3. The average Bonchev–Trinajstić information content (AvgIpc) is 3.15. The van der Waals surface area contributed by atoms with E-state index >= 15 is 0 Å². The highest BCUT2D eigenvalue weighted by Gasteiger charge is 2.23. The van der Waals surface area contributed by atoms with Gasteiger partial charge in [-0.1, -0.05) is 0 Å². The lowest BCUT2D eigenvalue weighted by Gasteiger charge is -2.28. The number of anilines is 2. The molecule has 1 saturated heterocycles. The highest BCUT2D eigenvalue weighted by Crippen LogP contribution is 2.22. The van der Waals surface area contributed by atoms with Crippen LogP contribution in [0.25, 0.3) is 0 Å². The van der Waals surface area contributed by atoms with Crippen molar-refractivity contribution in [1.29, 1.82) is 0 Å². The van der Waals surface area contributed by atoms with Crippen LogP contribution in [0.1, 0.15) is 12.1 Å². The summed E-state index contributed by atoms with van der Waals surface area (Å²) in [5, 5.41) is 9.66. The Morgan fingerprint density at radius 2 is 2.14 bits per heavy atom. The molecular formula is C14H18N6O. The van der Waals surface area contributed by atoms with Crippen LogP contribution in [0, 0.1) is 0 Å². The van der Waals surface area contributed by atoms with Gasteiger partial charge >= 0.3 is 0 Å². The maximum Gasteiger partial charge on any atom is 0.227 e. The van der Waals surface area contributed by atoms with Gasteiger partial charge in [-0.05, 0) is 12.5 Å². The molecule has 0 aliphatic carbocycles. The molecule has 0 radical (unpaired) electrons. The maximum absolute atomic E-state index is 9.66. The Labute approximate surface area is 122 Å². The van der Waals surface area contributed by atoms with Crippen molar-refractivity contribution in [1.82, 2.24) is 19.5 Å². The number of aliphatic hydroxyl groups is 1. The van der Waals surface area contributed by atoms with E-state index in [0.29, 0.717) is 6.54 Å². The van der Waals surface area contributed by atoms with E-state index in [1.54, 1.807) is 6.20 Å². The minimum Gasteiger partial charge on any atom is -0.391 e. The summed E-state index contributed by atoms with van der Waals surface area (Å²) in [5.41, 5.74) is 1.19. The molecule has 0 saturated carbocycles. The van der Waals surface area contributed by atoms with Crippen LogP contribution >= 0.6 is 0 Å². The van der Waals surface area contributed by atoms with E-state index in [2.05, 4.69) is 29.3 Å². The smallest absolute Gasteiger partial charge is 0.227 e. The Bertz CT molecular complexity index is 642. The van der Waals surface area contributed by atoms with E-state index in [4.69, 9.17) is 0 Å². The first-order valence-electron chi connectivity index (χ1n) is 7.29. The van der Waals surface area contributed by atoms with Crippen LogP contribution in [0.5, 0.6) is 0 Å². The van der Waals surface area contributed by atoms with Gasteiger partial charge in [0.05, 0.1) is 24.7 Å². The van der Waals surface area contributed by atoms with E-state index in [1.807, 2.05) is 18.6 Å². The quantitative estimate of drug-likeness (QED) is 0.854. The minimum absolute atomic E-state index is 0.243. The summed E-state index contributed by atoms with van der Waals surface area (Å²) in [6.07, 6.45) is 6.13. The Hall–Kier alpha value is -2.15. The lowest BCUT2D eigenvalue weighted by Crippen LogP contribution is -2.34. The highest BCUT2D eigenvalue weighted by atomic mass is 16.3. The molecule has 4 heterocycles. The van der Waals surface area contributed by atoms with Gasteiger partial charge in [-0.15, -0.1) is 0 Å². The normalized spacial score (nSPS) is 21.7. The second-order valence-corrected chi connectivity index (χ2v) is 5.60. The van der Waals surface area contributed by atoms with Gasteiger partial charge in [0.15, 0.2) is 0 Å². The topological polar surface area (TPSA) is 70.3 Å². The van der Waals surface area contributed by atoms with Crippen molar-refractivity contribution >= 4 is 11.8 Å². The van der Waals surface area contributed by atoms with Gasteiger partial charge in [-0.3, -0.25) is 0 Å². The molecule has 2 aromatic rings. The number of hydrogen-bond donors (Lipinski definition) is 1. The molecule has 2 aromatic heterocycles. The van der Waals surface area contributed by atoms with Crippen LogP contribution in [0.3, 0.4) is 0 Å². The monoisotopic (exact) mass is 286 g/mol. The summed E-state index contributed by atoms with van der Waals surface area (Å²) in [4.78, 5) is 17.5. The van der Waals surface area contributed by atoms with Crippen molar-refractivity contribution in [3.05, 3.63) is 30.5 Å².